The minimum absolute atomic E-state index is 0.0169. The van der Waals surface area contributed by atoms with Crippen molar-refractivity contribution in [3.05, 3.63) is 129 Å². The van der Waals surface area contributed by atoms with Gasteiger partial charge in [-0.05, 0) is 68.3 Å². The van der Waals surface area contributed by atoms with Crippen LogP contribution in [0.1, 0.15) is 31.9 Å². The van der Waals surface area contributed by atoms with Gasteiger partial charge in [-0.15, -0.1) is 0 Å². The number of anilines is 1. The quantitative estimate of drug-likeness (QED) is 0.178. The standard InChI is InChI=1S/C34H34Cl3N3O4S/c1-34(2,3)38-33(42)30(21-24-12-6-4-7-13-24)39(22-25-14-10-15-26(35)20-25)31(41)23-40(29-19-11-18-28(36)32(29)37)45(43,44)27-16-8-5-9-17-27/h4-20,30H,21-23H2,1-3H3,(H,38,42)/t30-/m0/s1. The van der Waals surface area contributed by atoms with E-state index in [1.54, 1.807) is 48.5 Å². The Balaban J connectivity index is 1.84. The number of benzene rings is 4. The lowest BCUT2D eigenvalue weighted by Crippen LogP contribution is -2.56. The number of nitrogens with one attached hydrogen (secondary N) is 1. The van der Waals surface area contributed by atoms with Crippen LogP contribution in [-0.2, 0) is 32.6 Å². The predicted octanol–water partition coefficient (Wildman–Crippen LogP) is 7.40. The Morgan fingerprint density at radius 2 is 1.40 bits per heavy atom. The number of carbonyl (C=O) groups excluding carboxylic acids is 2. The Morgan fingerprint density at radius 3 is 2.02 bits per heavy atom. The van der Waals surface area contributed by atoms with Gasteiger partial charge in [-0.25, -0.2) is 8.42 Å². The van der Waals surface area contributed by atoms with Crippen LogP contribution >= 0.6 is 34.8 Å². The predicted molar refractivity (Wildman–Crippen MR) is 181 cm³/mol. The highest BCUT2D eigenvalue weighted by Gasteiger charge is 2.36. The van der Waals surface area contributed by atoms with Crippen molar-refractivity contribution in [2.75, 3.05) is 10.8 Å². The lowest BCUT2D eigenvalue weighted by Gasteiger charge is -2.35. The normalized spacial score (nSPS) is 12.3. The smallest absolute Gasteiger partial charge is 0.264 e. The first-order valence-corrected chi connectivity index (χ1v) is 16.8. The van der Waals surface area contributed by atoms with Crippen molar-refractivity contribution < 1.29 is 18.0 Å². The van der Waals surface area contributed by atoms with Gasteiger partial charge in [0.25, 0.3) is 10.0 Å². The molecule has 0 aliphatic rings. The summed E-state index contributed by atoms with van der Waals surface area (Å²) < 4.78 is 29.1. The van der Waals surface area contributed by atoms with E-state index in [-0.39, 0.29) is 39.5 Å². The first kappa shape index (κ1) is 34.3. The van der Waals surface area contributed by atoms with E-state index < -0.39 is 34.1 Å². The molecule has 0 bridgehead atoms. The molecule has 1 N–H and O–H groups in total. The molecule has 236 valence electrons. The van der Waals surface area contributed by atoms with E-state index in [1.807, 2.05) is 51.1 Å². The molecule has 0 aromatic heterocycles. The summed E-state index contributed by atoms with van der Waals surface area (Å²) in [6.07, 6.45) is 0.179. The Morgan fingerprint density at radius 1 is 0.800 bits per heavy atom. The molecule has 0 aliphatic carbocycles. The van der Waals surface area contributed by atoms with Crippen molar-refractivity contribution in [3.8, 4) is 0 Å². The Hall–Kier alpha value is -3.56. The van der Waals surface area contributed by atoms with Gasteiger partial charge in [0, 0.05) is 23.5 Å². The van der Waals surface area contributed by atoms with Crippen LogP contribution in [0, 0.1) is 0 Å². The highest BCUT2D eigenvalue weighted by Crippen LogP contribution is 2.35. The zero-order valence-electron chi connectivity index (χ0n) is 25.1. The van der Waals surface area contributed by atoms with Gasteiger partial charge in [-0.1, -0.05) is 102 Å². The van der Waals surface area contributed by atoms with Gasteiger partial charge in [0.2, 0.25) is 11.8 Å². The molecular formula is C34H34Cl3N3O4S. The third-order valence-electron chi connectivity index (χ3n) is 6.82. The van der Waals surface area contributed by atoms with Gasteiger partial charge in [0.1, 0.15) is 12.6 Å². The second-order valence-electron chi connectivity index (χ2n) is 11.5. The molecule has 0 saturated heterocycles. The summed E-state index contributed by atoms with van der Waals surface area (Å²) >= 11 is 19.1. The third kappa shape index (κ3) is 9.01. The average Bonchev–Trinajstić information content (AvgIpc) is 2.99. The summed E-state index contributed by atoms with van der Waals surface area (Å²) in [5, 5.41) is 3.55. The molecule has 4 aromatic carbocycles. The molecule has 4 rings (SSSR count). The molecule has 45 heavy (non-hydrogen) atoms. The van der Waals surface area contributed by atoms with Gasteiger partial charge >= 0.3 is 0 Å². The Bertz CT molecular complexity index is 1750. The highest BCUT2D eigenvalue weighted by atomic mass is 35.5. The van der Waals surface area contributed by atoms with Crippen LogP contribution in [0.25, 0.3) is 0 Å². The van der Waals surface area contributed by atoms with Crippen LogP contribution in [0.15, 0.2) is 108 Å². The molecule has 1 atom stereocenters. The topological polar surface area (TPSA) is 86.8 Å². The fourth-order valence-corrected chi connectivity index (χ4v) is 6.86. The van der Waals surface area contributed by atoms with Crippen LogP contribution < -0.4 is 9.62 Å². The second-order valence-corrected chi connectivity index (χ2v) is 14.6. The fourth-order valence-electron chi connectivity index (χ4n) is 4.76. The summed E-state index contributed by atoms with van der Waals surface area (Å²) in [7, 11) is -4.31. The third-order valence-corrected chi connectivity index (χ3v) is 9.64. The van der Waals surface area contributed by atoms with E-state index in [2.05, 4.69) is 5.32 Å². The van der Waals surface area contributed by atoms with Gasteiger partial charge in [0.15, 0.2) is 0 Å². The Labute approximate surface area is 279 Å². The van der Waals surface area contributed by atoms with Crippen molar-refractivity contribution >= 4 is 62.3 Å². The summed E-state index contributed by atoms with van der Waals surface area (Å²) in [6.45, 7) is 4.87. The molecule has 0 fully saturated rings. The van der Waals surface area contributed by atoms with E-state index >= 15 is 0 Å². The maximum atomic E-state index is 14.5. The van der Waals surface area contributed by atoms with E-state index in [4.69, 9.17) is 34.8 Å². The van der Waals surface area contributed by atoms with Crippen LogP contribution in [-0.4, -0.2) is 43.3 Å². The van der Waals surface area contributed by atoms with E-state index in [0.29, 0.717) is 10.6 Å². The maximum absolute atomic E-state index is 14.5. The van der Waals surface area contributed by atoms with Gasteiger partial charge in [0.05, 0.1) is 20.6 Å². The van der Waals surface area contributed by atoms with Gasteiger partial charge in [-0.2, -0.15) is 0 Å². The molecule has 7 nitrogen and oxygen atoms in total. The van der Waals surface area contributed by atoms with Crippen LogP contribution in [0.2, 0.25) is 15.1 Å². The lowest BCUT2D eigenvalue weighted by molar-refractivity contribution is -0.140. The van der Waals surface area contributed by atoms with E-state index in [0.717, 1.165) is 9.87 Å². The van der Waals surface area contributed by atoms with Crippen molar-refractivity contribution in [3.63, 3.8) is 0 Å². The summed E-state index contributed by atoms with van der Waals surface area (Å²) in [6, 6.07) is 27.6. The Kier molecular flexibility index (Phi) is 11.2. The molecule has 0 radical (unpaired) electrons. The minimum atomic E-state index is -4.31. The SMILES string of the molecule is CC(C)(C)NC(=O)[C@H](Cc1ccccc1)N(Cc1cccc(Cl)c1)C(=O)CN(c1cccc(Cl)c1Cl)S(=O)(=O)c1ccccc1. The summed E-state index contributed by atoms with van der Waals surface area (Å²) in [5.41, 5.74) is 0.911. The number of hydrogen-bond acceptors (Lipinski definition) is 4. The number of carbonyl (C=O) groups is 2. The molecule has 0 heterocycles. The zero-order valence-corrected chi connectivity index (χ0v) is 28.2. The van der Waals surface area contributed by atoms with Crippen molar-refractivity contribution in [2.24, 2.45) is 0 Å². The monoisotopic (exact) mass is 685 g/mol. The van der Waals surface area contributed by atoms with Crippen molar-refractivity contribution in [1.82, 2.24) is 10.2 Å². The number of sulfonamides is 1. The molecule has 0 spiro atoms. The lowest BCUT2D eigenvalue weighted by atomic mass is 10.0. The minimum Gasteiger partial charge on any atom is -0.350 e. The van der Waals surface area contributed by atoms with Crippen LogP contribution in [0.5, 0.6) is 0 Å². The molecule has 2 amide bonds. The zero-order chi connectivity index (χ0) is 32.8. The maximum Gasteiger partial charge on any atom is 0.264 e. The molecule has 0 aliphatic heterocycles. The van der Waals surface area contributed by atoms with Crippen molar-refractivity contribution in [2.45, 2.75) is 50.2 Å². The van der Waals surface area contributed by atoms with Gasteiger partial charge < -0.3 is 10.2 Å². The number of rotatable bonds is 11. The molecular weight excluding hydrogens is 653 g/mol. The number of amides is 2. The van der Waals surface area contributed by atoms with Crippen LogP contribution in [0.4, 0.5) is 5.69 Å². The van der Waals surface area contributed by atoms with Crippen molar-refractivity contribution in [1.29, 1.82) is 0 Å². The van der Waals surface area contributed by atoms with Crippen LogP contribution in [0.3, 0.4) is 0 Å². The first-order chi connectivity index (χ1) is 21.3. The number of halogens is 3. The number of nitrogens with zero attached hydrogens (tertiary/aromatic N) is 2. The summed E-state index contributed by atoms with van der Waals surface area (Å²) in [5.74, 6) is -1.02. The molecule has 0 saturated carbocycles. The number of hydrogen-bond donors (Lipinski definition) is 1. The first-order valence-electron chi connectivity index (χ1n) is 14.2. The molecule has 4 aromatic rings. The average molecular weight is 687 g/mol. The van der Waals surface area contributed by atoms with E-state index in [1.165, 1.54) is 29.2 Å². The highest BCUT2D eigenvalue weighted by molar-refractivity contribution is 7.92. The largest absolute Gasteiger partial charge is 0.350 e. The van der Waals surface area contributed by atoms with Gasteiger partial charge in [-0.3, -0.25) is 13.9 Å². The fraction of sp³-hybridized carbons (Fsp3) is 0.235. The van der Waals surface area contributed by atoms with E-state index in [9.17, 15) is 18.0 Å². The summed E-state index contributed by atoms with van der Waals surface area (Å²) in [4.78, 5) is 29.8. The molecule has 11 heteroatoms. The molecule has 0 unspecified atom stereocenters. The second kappa shape index (κ2) is 14.7.